The van der Waals surface area contributed by atoms with Gasteiger partial charge in [0.05, 0.1) is 13.7 Å². The Balaban J connectivity index is 0.00000507. The van der Waals surface area contributed by atoms with Gasteiger partial charge < -0.3 is 25.6 Å². The number of carbonyl (C=O) groups is 1. The number of rotatable bonds is 17. The average Bonchev–Trinajstić information content (AvgIpc) is 3.66. The summed E-state index contributed by atoms with van der Waals surface area (Å²) in [6.07, 6.45) is 10.4. The number of phosphoric acid groups is 1. The molecule has 2 unspecified atom stereocenters. The summed E-state index contributed by atoms with van der Waals surface area (Å²) in [5.74, 6) is 1.05. The quantitative estimate of drug-likeness (QED) is 0.161. The number of amides is 1. The molecule has 0 radical (unpaired) electrons. The molecule has 0 bridgehead atoms. The van der Waals surface area contributed by atoms with Gasteiger partial charge in [-0.3, -0.25) is 9.32 Å². The van der Waals surface area contributed by atoms with E-state index in [1.165, 1.54) is 43.2 Å². The van der Waals surface area contributed by atoms with Crippen LogP contribution in [0.5, 0.6) is 5.75 Å². The summed E-state index contributed by atoms with van der Waals surface area (Å²) in [5.41, 5.74) is 3.62. The van der Waals surface area contributed by atoms with Crippen molar-refractivity contribution in [3.8, 4) is 5.75 Å². The fourth-order valence-corrected chi connectivity index (χ4v) is 5.07. The van der Waals surface area contributed by atoms with Crippen molar-refractivity contribution in [1.82, 2.24) is 11.1 Å². The van der Waals surface area contributed by atoms with Gasteiger partial charge in [-0.05, 0) is 66.8 Å². The maximum atomic E-state index is 13.3. The summed E-state index contributed by atoms with van der Waals surface area (Å²) in [7, 11) is -2.98. The fourth-order valence-electron chi connectivity index (χ4n) is 4.75. The number of carbonyl (C=O) groups excluding carboxylic acids is 1. The zero-order chi connectivity index (χ0) is 26.7. The minimum atomic E-state index is -4.58. The van der Waals surface area contributed by atoms with Crippen LogP contribution in [0, 0.1) is 11.8 Å². The van der Waals surface area contributed by atoms with E-state index in [0.717, 1.165) is 37.0 Å². The van der Waals surface area contributed by atoms with Gasteiger partial charge >= 0.3 is 7.82 Å². The number of methoxy groups -OCH3 is 1. The third kappa shape index (κ3) is 11.3. The van der Waals surface area contributed by atoms with Gasteiger partial charge in [-0.15, -0.1) is 0 Å². The highest BCUT2D eigenvalue weighted by Crippen LogP contribution is 2.43. The van der Waals surface area contributed by atoms with Gasteiger partial charge in [0.1, 0.15) is 5.75 Å². The lowest BCUT2D eigenvalue weighted by Gasteiger charge is -2.23. The molecule has 5 N–H and O–H groups in total. The monoisotopic (exact) mass is 548 g/mol. The average molecular weight is 549 g/mol. The van der Waals surface area contributed by atoms with E-state index in [0.29, 0.717) is 12.5 Å². The van der Waals surface area contributed by atoms with Crippen LogP contribution in [0.25, 0.3) is 0 Å². The van der Waals surface area contributed by atoms with Crippen molar-refractivity contribution in [2.75, 3.05) is 20.3 Å². The van der Waals surface area contributed by atoms with E-state index < -0.39 is 7.82 Å². The van der Waals surface area contributed by atoms with Crippen LogP contribution in [0.4, 0.5) is 0 Å². The Morgan fingerprint density at radius 2 is 1.55 bits per heavy atom. The molecule has 0 heterocycles. The summed E-state index contributed by atoms with van der Waals surface area (Å²) >= 11 is 0. The van der Waals surface area contributed by atoms with Gasteiger partial charge in [-0.2, -0.15) is 0 Å². The molecule has 0 aliphatic heterocycles. The van der Waals surface area contributed by atoms with Crippen molar-refractivity contribution in [2.24, 2.45) is 11.8 Å². The minimum Gasteiger partial charge on any atom is -0.497 e. The van der Waals surface area contributed by atoms with Gasteiger partial charge in [0.25, 0.3) is 0 Å². The summed E-state index contributed by atoms with van der Waals surface area (Å²) in [6, 6.07) is 16.4. The maximum absolute atomic E-state index is 13.3. The summed E-state index contributed by atoms with van der Waals surface area (Å²) in [6.45, 7) is 2.51. The highest BCUT2D eigenvalue weighted by Gasteiger charge is 2.44. The largest absolute Gasteiger partial charge is 0.497 e. The number of ether oxygens (including phenoxy) is 1. The second kappa shape index (κ2) is 16.0. The highest BCUT2D eigenvalue weighted by atomic mass is 31.2. The molecule has 2 atom stereocenters. The predicted octanol–water partition coefficient (Wildman–Crippen LogP) is 6.08. The van der Waals surface area contributed by atoms with E-state index in [1.54, 1.807) is 12.0 Å². The van der Waals surface area contributed by atoms with E-state index >= 15 is 0 Å². The molecule has 0 saturated heterocycles. The highest BCUT2D eigenvalue weighted by molar-refractivity contribution is 7.46. The smallest absolute Gasteiger partial charge is 0.469 e. The number of nitrogens with zero attached hydrogens (tertiary/aromatic N) is 1. The van der Waals surface area contributed by atoms with E-state index in [9.17, 15) is 9.36 Å². The first-order valence-corrected chi connectivity index (χ1v) is 15.0. The van der Waals surface area contributed by atoms with Crippen LogP contribution in [-0.4, -0.2) is 40.9 Å². The molecular formula is C29H45N2O6P. The van der Waals surface area contributed by atoms with Crippen molar-refractivity contribution in [3.05, 3.63) is 65.2 Å². The first-order chi connectivity index (χ1) is 17.8. The van der Waals surface area contributed by atoms with Crippen LogP contribution in [0.3, 0.4) is 0 Å². The number of hydrogen-bond acceptors (Lipinski definition) is 5. The molecule has 0 spiro atoms. The minimum absolute atomic E-state index is 0. The molecule has 212 valence electrons. The maximum Gasteiger partial charge on any atom is 0.469 e. The molecule has 1 saturated carbocycles. The zero-order valence-corrected chi connectivity index (χ0v) is 23.8. The Labute approximate surface area is 227 Å². The Morgan fingerprint density at radius 1 is 0.947 bits per heavy atom. The first kappa shape index (κ1) is 32.0. The van der Waals surface area contributed by atoms with E-state index in [1.807, 2.05) is 24.3 Å². The van der Waals surface area contributed by atoms with Crippen LogP contribution in [0.2, 0.25) is 0 Å². The Kier molecular flexibility index (Phi) is 13.5. The number of unbranched alkanes of at least 4 members (excludes halogenated alkanes) is 4. The molecule has 1 amide bonds. The van der Waals surface area contributed by atoms with Gasteiger partial charge in [0.2, 0.25) is 5.91 Å². The topological polar surface area (TPSA) is 131 Å². The number of phosphoric ester groups is 1. The lowest BCUT2D eigenvalue weighted by molar-refractivity contribution is -0.134. The molecule has 3 rings (SSSR count). The molecule has 9 heteroatoms. The van der Waals surface area contributed by atoms with Crippen LogP contribution < -0.4 is 10.9 Å². The number of hydrogen-bond donors (Lipinski definition) is 3. The molecule has 0 aromatic heterocycles. The normalized spacial score (nSPS) is 16.5. The molecule has 1 aliphatic carbocycles. The lowest BCUT2D eigenvalue weighted by Crippen LogP contribution is -2.35. The Hall–Kier alpha value is -2.22. The summed E-state index contributed by atoms with van der Waals surface area (Å²) < 4.78 is 20.9. The first-order valence-electron chi connectivity index (χ1n) is 13.5. The second-order valence-electron chi connectivity index (χ2n) is 10.1. The molecule has 8 nitrogen and oxygen atoms in total. The molecule has 1 fully saturated rings. The molecule has 38 heavy (non-hydrogen) atoms. The van der Waals surface area contributed by atoms with E-state index in [-0.39, 0.29) is 31.1 Å². The van der Waals surface area contributed by atoms with Gasteiger partial charge in [0, 0.05) is 19.0 Å². The number of aryl methyl sites for hydroxylation is 2. The summed E-state index contributed by atoms with van der Waals surface area (Å²) in [4.78, 5) is 33.0. The third-order valence-corrected chi connectivity index (χ3v) is 7.62. The molecule has 2 aromatic carbocycles. The fraction of sp³-hybridized carbons (Fsp3) is 0.552. The molecular weight excluding hydrogens is 503 g/mol. The van der Waals surface area contributed by atoms with Crippen LogP contribution in [0.15, 0.2) is 48.5 Å². The van der Waals surface area contributed by atoms with Crippen molar-refractivity contribution < 1.29 is 28.4 Å². The van der Waals surface area contributed by atoms with Crippen molar-refractivity contribution >= 4 is 13.7 Å². The van der Waals surface area contributed by atoms with E-state index in [4.69, 9.17) is 14.5 Å². The number of benzene rings is 2. The van der Waals surface area contributed by atoms with Crippen molar-refractivity contribution in [2.45, 2.75) is 71.3 Å². The predicted molar refractivity (Wildman–Crippen MR) is 150 cm³/mol. The lowest BCUT2D eigenvalue weighted by atomic mass is 10.0. The van der Waals surface area contributed by atoms with Crippen molar-refractivity contribution in [3.63, 3.8) is 0 Å². The van der Waals surface area contributed by atoms with E-state index in [2.05, 4.69) is 35.7 Å². The van der Waals surface area contributed by atoms with Gasteiger partial charge in [-0.1, -0.05) is 69.0 Å². The van der Waals surface area contributed by atoms with Crippen LogP contribution in [0.1, 0.15) is 68.6 Å². The zero-order valence-electron chi connectivity index (χ0n) is 22.9. The standard InChI is InChI=1S/C29H42NO6P.H3N/c1-3-4-5-6-7-8-23-9-11-24(12-10-23)13-16-26-21-28(26)29(31)30(19-20-36-37(32,33)34)22-25-14-17-27(35-2)18-15-25;/h9-12,14-15,17-18,26,28H,3-8,13,16,19-22H2,1-2H3,(H2,32,33,34);1H3. The summed E-state index contributed by atoms with van der Waals surface area (Å²) in [5, 5.41) is 0. The van der Waals surface area contributed by atoms with Crippen LogP contribution >= 0.6 is 7.82 Å². The Morgan fingerprint density at radius 3 is 2.16 bits per heavy atom. The SMILES string of the molecule is CCCCCCCc1ccc(CCC2CC2C(=O)N(CCOP(=O)(O)O)Cc2ccc(OC)cc2)cc1.N. The molecule has 1 aliphatic rings. The van der Waals surface area contributed by atoms with Crippen molar-refractivity contribution in [1.29, 1.82) is 0 Å². The second-order valence-corrected chi connectivity index (χ2v) is 11.3. The Bertz CT molecular complexity index is 1010. The van der Waals surface area contributed by atoms with Gasteiger partial charge in [-0.25, -0.2) is 4.57 Å². The third-order valence-electron chi connectivity index (χ3n) is 7.10. The van der Waals surface area contributed by atoms with Gasteiger partial charge in [0.15, 0.2) is 0 Å². The van der Waals surface area contributed by atoms with Crippen LogP contribution in [-0.2, 0) is 33.3 Å². The molecule has 2 aromatic rings.